The summed E-state index contributed by atoms with van der Waals surface area (Å²) in [4.78, 5) is 1.19. The topological polar surface area (TPSA) is 12.0 Å². The lowest BCUT2D eigenvalue weighted by Gasteiger charge is -2.16. The van der Waals surface area contributed by atoms with Gasteiger partial charge in [-0.25, -0.2) is 4.39 Å². The minimum absolute atomic E-state index is 0.124. The summed E-state index contributed by atoms with van der Waals surface area (Å²) in [6.07, 6.45) is 0.659. The molecule has 0 aliphatic heterocycles. The van der Waals surface area contributed by atoms with E-state index in [1.165, 1.54) is 17.0 Å². The van der Waals surface area contributed by atoms with E-state index in [9.17, 15) is 4.39 Å². The van der Waals surface area contributed by atoms with Gasteiger partial charge in [-0.1, -0.05) is 11.6 Å². The van der Waals surface area contributed by atoms with E-state index >= 15 is 0 Å². The number of likely N-dealkylation sites (N-methyl/N-ethyl adjacent to an activating group) is 1. The fourth-order valence-electron chi connectivity index (χ4n) is 1.80. The summed E-state index contributed by atoms with van der Waals surface area (Å²) in [5.41, 5.74) is 0.816. The van der Waals surface area contributed by atoms with Gasteiger partial charge in [-0.2, -0.15) is 0 Å². The van der Waals surface area contributed by atoms with Gasteiger partial charge in [0.05, 0.1) is 0 Å². The molecule has 2 aromatic rings. The molecule has 1 N–H and O–H groups in total. The quantitative estimate of drug-likeness (QED) is 0.836. The summed E-state index contributed by atoms with van der Waals surface area (Å²) < 4.78 is 14.3. The lowest BCUT2D eigenvalue weighted by Crippen LogP contribution is -2.18. The summed E-state index contributed by atoms with van der Waals surface area (Å²) in [7, 11) is 1.89. The molecule has 1 atom stereocenters. The number of benzene rings is 1. The average molecular weight is 349 g/mol. The Morgan fingerprint density at radius 2 is 2.22 bits per heavy atom. The van der Waals surface area contributed by atoms with E-state index < -0.39 is 0 Å². The number of rotatable bonds is 4. The summed E-state index contributed by atoms with van der Waals surface area (Å²) in [6, 6.07) is 6.61. The van der Waals surface area contributed by atoms with Crippen molar-refractivity contribution < 1.29 is 4.39 Å². The van der Waals surface area contributed by atoms with E-state index in [2.05, 4.69) is 21.2 Å². The summed E-state index contributed by atoms with van der Waals surface area (Å²) >= 11 is 11.3. The van der Waals surface area contributed by atoms with E-state index in [-0.39, 0.29) is 11.9 Å². The molecule has 5 heteroatoms. The molecule has 2 rings (SSSR count). The van der Waals surface area contributed by atoms with Crippen molar-refractivity contribution in [2.45, 2.75) is 12.5 Å². The molecule has 0 aliphatic rings. The molecule has 0 saturated heterocycles. The maximum atomic E-state index is 13.2. The number of thiophene rings is 1. The molecule has 0 saturated carbocycles. The van der Waals surface area contributed by atoms with Crippen LogP contribution in [0, 0.1) is 5.82 Å². The summed E-state index contributed by atoms with van der Waals surface area (Å²) in [5.74, 6) is -0.255. The second-order valence-electron chi connectivity index (χ2n) is 3.91. The molecule has 1 unspecified atom stereocenters. The van der Waals surface area contributed by atoms with Crippen LogP contribution >= 0.6 is 38.9 Å². The van der Waals surface area contributed by atoms with E-state index in [1.807, 2.05) is 18.5 Å². The predicted molar refractivity (Wildman–Crippen MR) is 78.9 cm³/mol. The van der Waals surface area contributed by atoms with E-state index in [0.29, 0.717) is 11.4 Å². The molecule has 96 valence electrons. The first-order valence-corrected chi connectivity index (χ1v) is 7.51. The zero-order chi connectivity index (χ0) is 13.1. The monoisotopic (exact) mass is 347 g/mol. The first-order chi connectivity index (χ1) is 8.61. The standard InChI is InChI=1S/C13H12BrClFNS/c1-17-12(13-10(14)4-5-18-13)7-8-6-9(16)2-3-11(8)15/h2-6,12,17H,7H2,1H3. The maximum absolute atomic E-state index is 13.2. The summed E-state index contributed by atoms with van der Waals surface area (Å²) in [6.45, 7) is 0. The molecule has 0 amide bonds. The molecule has 0 radical (unpaired) electrons. The van der Waals surface area contributed by atoms with Crippen LogP contribution in [0.5, 0.6) is 0 Å². The van der Waals surface area contributed by atoms with Crippen LogP contribution in [0.25, 0.3) is 0 Å². The van der Waals surface area contributed by atoms with Crippen LogP contribution < -0.4 is 5.32 Å². The molecule has 18 heavy (non-hydrogen) atoms. The van der Waals surface area contributed by atoms with Crippen molar-refractivity contribution in [3.8, 4) is 0 Å². The Hall–Kier alpha value is -0.420. The third kappa shape index (κ3) is 3.12. The van der Waals surface area contributed by atoms with Crippen LogP contribution in [-0.2, 0) is 6.42 Å². The van der Waals surface area contributed by atoms with E-state index in [4.69, 9.17) is 11.6 Å². The molecule has 0 aliphatic carbocycles. The minimum Gasteiger partial charge on any atom is -0.312 e. The normalized spacial score (nSPS) is 12.7. The molecule has 0 spiro atoms. The van der Waals surface area contributed by atoms with Crippen molar-refractivity contribution in [1.82, 2.24) is 5.32 Å². The first-order valence-electron chi connectivity index (χ1n) is 5.46. The van der Waals surface area contributed by atoms with Crippen molar-refractivity contribution in [2.24, 2.45) is 0 Å². The maximum Gasteiger partial charge on any atom is 0.123 e. The largest absolute Gasteiger partial charge is 0.312 e. The second-order valence-corrected chi connectivity index (χ2v) is 6.12. The zero-order valence-electron chi connectivity index (χ0n) is 9.71. The van der Waals surface area contributed by atoms with Gasteiger partial charge in [-0.3, -0.25) is 0 Å². The van der Waals surface area contributed by atoms with Crippen molar-refractivity contribution in [1.29, 1.82) is 0 Å². The van der Waals surface area contributed by atoms with Crippen molar-refractivity contribution in [3.63, 3.8) is 0 Å². The predicted octanol–water partition coefficient (Wildman–Crippen LogP) is 4.81. The lowest BCUT2D eigenvalue weighted by atomic mass is 10.0. The van der Waals surface area contributed by atoms with E-state index in [1.54, 1.807) is 17.4 Å². The van der Waals surface area contributed by atoms with Crippen molar-refractivity contribution >= 4 is 38.9 Å². The summed E-state index contributed by atoms with van der Waals surface area (Å²) in [5, 5.41) is 5.87. The molecular weight excluding hydrogens is 337 g/mol. The average Bonchev–Trinajstić information content (AvgIpc) is 2.77. The number of hydrogen-bond donors (Lipinski definition) is 1. The molecule has 0 fully saturated rings. The Bertz CT molecular complexity index is 544. The van der Waals surface area contributed by atoms with Gasteiger partial charge in [-0.15, -0.1) is 11.3 Å². The highest BCUT2D eigenvalue weighted by atomic mass is 79.9. The zero-order valence-corrected chi connectivity index (χ0v) is 12.9. The van der Waals surface area contributed by atoms with Crippen molar-refractivity contribution in [3.05, 3.63) is 55.4 Å². The SMILES string of the molecule is CNC(Cc1cc(F)ccc1Cl)c1sccc1Br. The van der Waals surface area contributed by atoms with Crippen molar-refractivity contribution in [2.75, 3.05) is 7.05 Å². The molecule has 1 aromatic heterocycles. The van der Waals surface area contributed by atoms with Crippen LogP contribution in [0.3, 0.4) is 0 Å². The third-order valence-electron chi connectivity index (χ3n) is 2.74. The Balaban J connectivity index is 2.26. The fraction of sp³-hybridized carbons (Fsp3) is 0.231. The van der Waals surface area contributed by atoms with E-state index in [0.717, 1.165) is 10.0 Å². The van der Waals surface area contributed by atoms with Crippen LogP contribution in [-0.4, -0.2) is 7.05 Å². The Kier molecular flexibility index (Phi) is 4.78. The minimum atomic E-state index is -0.255. The Morgan fingerprint density at radius 3 is 2.83 bits per heavy atom. The smallest absolute Gasteiger partial charge is 0.123 e. The van der Waals surface area contributed by atoms with Crippen LogP contribution in [0.1, 0.15) is 16.5 Å². The van der Waals surface area contributed by atoms with Gasteiger partial charge >= 0.3 is 0 Å². The van der Waals surface area contributed by atoms with Gasteiger partial charge in [0, 0.05) is 20.4 Å². The fourth-order valence-corrected chi connectivity index (χ4v) is 3.75. The van der Waals surface area contributed by atoms with Crippen LogP contribution in [0.15, 0.2) is 34.1 Å². The Morgan fingerprint density at radius 1 is 1.44 bits per heavy atom. The number of halogens is 3. The molecular formula is C13H12BrClFNS. The highest BCUT2D eigenvalue weighted by Crippen LogP contribution is 2.32. The van der Waals surface area contributed by atoms with Gasteiger partial charge in [0.1, 0.15) is 5.82 Å². The van der Waals surface area contributed by atoms with Gasteiger partial charge in [0.2, 0.25) is 0 Å². The number of nitrogens with one attached hydrogen (secondary N) is 1. The molecule has 1 aromatic carbocycles. The third-order valence-corrected chi connectivity index (χ3v) is 5.09. The Labute approximate surface area is 123 Å². The highest BCUT2D eigenvalue weighted by molar-refractivity contribution is 9.10. The highest BCUT2D eigenvalue weighted by Gasteiger charge is 2.16. The molecule has 0 bridgehead atoms. The molecule has 1 nitrogen and oxygen atoms in total. The second kappa shape index (κ2) is 6.15. The number of hydrogen-bond acceptors (Lipinski definition) is 2. The van der Waals surface area contributed by atoms with Crippen LogP contribution in [0.4, 0.5) is 4.39 Å². The van der Waals surface area contributed by atoms with Gasteiger partial charge < -0.3 is 5.32 Å². The van der Waals surface area contributed by atoms with Gasteiger partial charge in [0.25, 0.3) is 0 Å². The van der Waals surface area contributed by atoms with Gasteiger partial charge in [0.15, 0.2) is 0 Å². The molecule has 1 heterocycles. The first kappa shape index (κ1) is 14.0. The van der Waals surface area contributed by atoms with Gasteiger partial charge in [-0.05, 0) is 64.6 Å². The lowest BCUT2D eigenvalue weighted by molar-refractivity contribution is 0.590. The van der Waals surface area contributed by atoms with Crippen LogP contribution in [0.2, 0.25) is 5.02 Å².